The zero-order chi connectivity index (χ0) is 14.7. The molecule has 6 nitrogen and oxygen atoms in total. The molecule has 0 radical (unpaired) electrons. The number of hydrogen-bond donors (Lipinski definition) is 1. The Hall–Kier alpha value is -2.24. The molecule has 0 bridgehead atoms. The van der Waals surface area contributed by atoms with Crippen molar-refractivity contribution in [3.05, 3.63) is 38.9 Å². The molecule has 0 saturated heterocycles. The second-order valence-corrected chi connectivity index (χ2v) is 4.85. The molecule has 106 valence electrons. The molecule has 1 aliphatic rings. The van der Waals surface area contributed by atoms with Gasteiger partial charge in [-0.25, -0.2) is 0 Å². The van der Waals surface area contributed by atoms with Crippen LogP contribution in [0.3, 0.4) is 0 Å². The van der Waals surface area contributed by atoms with E-state index in [0.717, 1.165) is 25.7 Å². The van der Waals surface area contributed by atoms with Gasteiger partial charge in [0.2, 0.25) is 0 Å². The number of rotatable bonds is 6. The summed E-state index contributed by atoms with van der Waals surface area (Å²) < 4.78 is 0. The van der Waals surface area contributed by atoms with Gasteiger partial charge in [0.25, 0.3) is 17.5 Å². The van der Waals surface area contributed by atoms with Gasteiger partial charge in [-0.1, -0.05) is 32.3 Å². The zero-order valence-electron chi connectivity index (χ0n) is 11.3. The van der Waals surface area contributed by atoms with E-state index >= 15 is 0 Å². The second-order valence-electron chi connectivity index (χ2n) is 4.85. The molecule has 1 aromatic carbocycles. The van der Waals surface area contributed by atoms with E-state index in [-0.39, 0.29) is 16.8 Å². The van der Waals surface area contributed by atoms with E-state index in [2.05, 4.69) is 12.2 Å². The number of nitro benzene ring substituents is 1. The number of nitrogens with one attached hydrogen (secondary N) is 1. The summed E-state index contributed by atoms with van der Waals surface area (Å²) in [5, 5.41) is 13.3. The number of unbranched alkanes of at least 4 members (excludes halogenated alkanes) is 3. The van der Waals surface area contributed by atoms with Crippen LogP contribution in [0.2, 0.25) is 0 Å². The summed E-state index contributed by atoms with van der Waals surface area (Å²) >= 11 is 0. The molecular weight excluding hydrogens is 260 g/mol. The Morgan fingerprint density at radius 2 is 1.90 bits per heavy atom. The maximum absolute atomic E-state index is 11.7. The lowest BCUT2D eigenvalue weighted by Gasteiger charge is -2.05. The van der Waals surface area contributed by atoms with E-state index < -0.39 is 16.7 Å². The summed E-state index contributed by atoms with van der Waals surface area (Å²) in [6, 6.07) is 3.08. The second kappa shape index (κ2) is 5.81. The Kier molecular flexibility index (Phi) is 4.12. The van der Waals surface area contributed by atoms with Crippen molar-refractivity contribution in [2.75, 3.05) is 0 Å². The Labute approximate surface area is 116 Å². The van der Waals surface area contributed by atoms with Crippen molar-refractivity contribution >= 4 is 17.5 Å². The summed E-state index contributed by atoms with van der Waals surface area (Å²) in [6.45, 7) is 2.09. The molecule has 6 heteroatoms. The maximum atomic E-state index is 11.7. The molecule has 2 amide bonds. The highest BCUT2D eigenvalue weighted by Gasteiger charge is 2.36. The molecule has 0 fully saturated rings. The quantitative estimate of drug-likeness (QED) is 0.374. The minimum Gasteiger partial charge on any atom is -0.288 e. The standard InChI is InChI=1S/C14H16N2O4/c1-2-3-4-5-6-9-7-8-10-11(12(9)16(19)20)14(18)15-13(10)17/h7-8H,2-6H2,1H3,(H,15,17,18). The number of carbonyl (C=O) groups excluding carboxylic acids is 2. The molecule has 0 aromatic heterocycles. The van der Waals surface area contributed by atoms with Gasteiger partial charge in [-0.2, -0.15) is 0 Å². The van der Waals surface area contributed by atoms with Crippen molar-refractivity contribution < 1.29 is 14.5 Å². The number of fused-ring (bicyclic) bond motifs is 1. The van der Waals surface area contributed by atoms with Gasteiger partial charge in [-0.3, -0.25) is 25.0 Å². The van der Waals surface area contributed by atoms with E-state index in [1.165, 1.54) is 6.07 Å². The lowest BCUT2D eigenvalue weighted by Crippen LogP contribution is -2.20. The highest BCUT2D eigenvalue weighted by Crippen LogP contribution is 2.31. The largest absolute Gasteiger partial charge is 0.288 e. The van der Waals surface area contributed by atoms with Crippen molar-refractivity contribution in [2.24, 2.45) is 0 Å². The first-order valence-electron chi connectivity index (χ1n) is 6.72. The number of benzene rings is 1. The number of imide groups is 1. The minimum atomic E-state index is -0.674. The summed E-state index contributed by atoms with van der Waals surface area (Å²) in [5.41, 5.74) is 0.309. The third kappa shape index (κ3) is 2.54. The van der Waals surface area contributed by atoms with Crippen LogP contribution in [0.25, 0.3) is 0 Å². The number of amides is 2. The van der Waals surface area contributed by atoms with Crippen LogP contribution in [0.4, 0.5) is 5.69 Å². The van der Waals surface area contributed by atoms with E-state index in [1.807, 2.05) is 0 Å². The predicted molar refractivity (Wildman–Crippen MR) is 72.7 cm³/mol. The Morgan fingerprint density at radius 3 is 2.55 bits per heavy atom. The van der Waals surface area contributed by atoms with Gasteiger partial charge in [-0.05, 0) is 18.9 Å². The first-order valence-corrected chi connectivity index (χ1v) is 6.72. The van der Waals surface area contributed by atoms with E-state index in [0.29, 0.717) is 12.0 Å². The van der Waals surface area contributed by atoms with Gasteiger partial charge >= 0.3 is 0 Å². The fraction of sp³-hybridized carbons (Fsp3) is 0.429. The van der Waals surface area contributed by atoms with Crippen LogP contribution >= 0.6 is 0 Å². The number of nitro groups is 1. The number of carbonyl (C=O) groups is 2. The summed E-state index contributed by atoms with van der Waals surface area (Å²) in [5.74, 6) is -1.24. The summed E-state index contributed by atoms with van der Waals surface area (Å²) in [7, 11) is 0. The topological polar surface area (TPSA) is 89.3 Å². The van der Waals surface area contributed by atoms with Gasteiger partial charge < -0.3 is 0 Å². The van der Waals surface area contributed by atoms with Crippen LogP contribution in [-0.4, -0.2) is 16.7 Å². The van der Waals surface area contributed by atoms with Gasteiger partial charge in [-0.15, -0.1) is 0 Å². The molecule has 0 saturated carbocycles. The number of aryl methyl sites for hydroxylation is 1. The van der Waals surface area contributed by atoms with Crippen LogP contribution in [0.15, 0.2) is 12.1 Å². The third-order valence-electron chi connectivity index (χ3n) is 3.44. The number of nitrogens with zero attached hydrogens (tertiary/aromatic N) is 1. The third-order valence-corrected chi connectivity index (χ3v) is 3.44. The minimum absolute atomic E-state index is 0.0898. The average Bonchev–Trinajstić information content (AvgIpc) is 2.69. The fourth-order valence-electron chi connectivity index (χ4n) is 2.44. The summed E-state index contributed by atoms with van der Waals surface area (Å²) in [6.07, 6.45) is 4.55. The van der Waals surface area contributed by atoms with Crippen LogP contribution in [0.1, 0.15) is 58.9 Å². The highest BCUT2D eigenvalue weighted by molar-refractivity contribution is 6.23. The molecule has 1 heterocycles. The van der Waals surface area contributed by atoms with Crippen molar-refractivity contribution in [1.82, 2.24) is 5.32 Å². The van der Waals surface area contributed by atoms with Crippen LogP contribution in [-0.2, 0) is 6.42 Å². The molecule has 1 aromatic rings. The van der Waals surface area contributed by atoms with Crippen molar-refractivity contribution in [3.8, 4) is 0 Å². The van der Waals surface area contributed by atoms with Crippen LogP contribution in [0, 0.1) is 10.1 Å². The lowest BCUT2D eigenvalue weighted by molar-refractivity contribution is -0.385. The molecule has 0 spiro atoms. The Balaban J connectivity index is 2.34. The first-order chi connectivity index (χ1) is 9.56. The van der Waals surface area contributed by atoms with E-state index in [4.69, 9.17) is 0 Å². The van der Waals surface area contributed by atoms with Crippen molar-refractivity contribution in [3.63, 3.8) is 0 Å². The van der Waals surface area contributed by atoms with Gasteiger partial charge in [0.1, 0.15) is 5.56 Å². The monoisotopic (exact) mass is 276 g/mol. The first kappa shape index (κ1) is 14.2. The lowest BCUT2D eigenvalue weighted by atomic mass is 9.98. The van der Waals surface area contributed by atoms with Crippen LogP contribution < -0.4 is 5.32 Å². The van der Waals surface area contributed by atoms with Gasteiger partial charge in [0, 0.05) is 5.56 Å². The fourth-order valence-corrected chi connectivity index (χ4v) is 2.44. The molecule has 0 aliphatic carbocycles. The van der Waals surface area contributed by atoms with E-state index in [9.17, 15) is 19.7 Å². The average molecular weight is 276 g/mol. The molecular formula is C14H16N2O4. The predicted octanol–water partition coefficient (Wildman–Crippen LogP) is 2.60. The molecule has 20 heavy (non-hydrogen) atoms. The Bertz CT molecular complexity index is 581. The van der Waals surface area contributed by atoms with Gasteiger partial charge in [0.15, 0.2) is 0 Å². The number of hydrogen-bond acceptors (Lipinski definition) is 4. The Morgan fingerprint density at radius 1 is 1.15 bits per heavy atom. The van der Waals surface area contributed by atoms with Gasteiger partial charge in [0.05, 0.1) is 10.5 Å². The normalized spacial score (nSPS) is 13.2. The molecule has 2 rings (SSSR count). The van der Waals surface area contributed by atoms with Crippen LogP contribution in [0.5, 0.6) is 0 Å². The van der Waals surface area contributed by atoms with E-state index in [1.54, 1.807) is 6.07 Å². The summed E-state index contributed by atoms with van der Waals surface area (Å²) in [4.78, 5) is 33.9. The smallest absolute Gasteiger partial charge is 0.286 e. The maximum Gasteiger partial charge on any atom is 0.286 e. The molecule has 0 atom stereocenters. The van der Waals surface area contributed by atoms with Crippen molar-refractivity contribution in [1.29, 1.82) is 0 Å². The molecule has 0 unspecified atom stereocenters. The molecule has 1 aliphatic heterocycles. The van der Waals surface area contributed by atoms with Crippen molar-refractivity contribution in [2.45, 2.75) is 39.0 Å². The highest BCUT2D eigenvalue weighted by atomic mass is 16.6. The SMILES string of the molecule is CCCCCCc1ccc2c(c1[N+](=O)[O-])C(=O)NC2=O. The molecule has 1 N–H and O–H groups in total. The zero-order valence-corrected chi connectivity index (χ0v) is 11.3.